The third kappa shape index (κ3) is 12.9. The van der Waals surface area contributed by atoms with Crippen molar-refractivity contribution in [3.8, 4) is 5.75 Å². The molecule has 264 valence electrons. The van der Waals surface area contributed by atoms with E-state index in [1.165, 1.54) is 29.2 Å². The Hall–Kier alpha value is -3.52. The Kier molecular flexibility index (Phi) is 15.3. The van der Waals surface area contributed by atoms with Crippen molar-refractivity contribution in [1.29, 1.82) is 0 Å². The fourth-order valence-electron chi connectivity index (χ4n) is 5.34. The van der Waals surface area contributed by atoms with E-state index in [-0.39, 0.29) is 37.0 Å². The minimum Gasteiger partial charge on any atom is -0.480 e. The Morgan fingerprint density at radius 3 is 2.17 bits per heavy atom. The fourth-order valence-corrected chi connectivity index (χ4v) is 5.73. The third-order valence-corrected chi connectivity index (χ3v) is 8.26. The van der Waals surface area contributed by atoms with Gasteiger partial charge in [0, 0.05) is 6.54 Å². The monoisotopic (exact) mass is 683 g/mol. The number of nitrogens with two attached hydrogens (primary N) is 1. The molecule has 8 N–H and O–H groups in total. The molecule has 1 aliphatic heterocycles. The summed E-state index contributed by atoms with van der Waals surface area (Å²) in [6.45, 7) is 9.39. The molecule has 0 aromatic heterocycles. The number of amides is 4. The van der Waals surface area contributed by atoms with Crippen LogP contribution in [0.1, 0.15) is 78.7 Å². The summed E-state index contributed by atoms with van der Waals surface area (Å²) >= 11 is 0. The lowest BCUT2D eigenvalue weighted by atomic mass is 10.00. The Morgan fingerprint density at radius 2 is 1.64 bits per heavy atom. The molecule has 1 fully saturated rings. The van der Waals surface area contributed by atoms with Crippen molar-refractivity contribution in [1.82, 2.24) is 20.9 Å². The first-order chi connectivity index (χ1) is 21.9. The Balaban J connectivity index is 2.11. The van der Waals surface area contributed by atoms with Gasteiger partial charge >= 0.3 is 13.8 Å². The second-order valence-corrected chi connectivity index (χ2v) is 13.9. The van der Waals surface area contributed by atoms with Gasteiger partial charge in [-0.05, 0) is 61.6 Å². The van der Waals surface area contributed by atoms with Crippen LogP contribution in [0.3, 0.4) is 0 Å². The number of carboxylic acid groups (broad SMARTS) is 1. The van der Waals surface area contributed by atoms with Crippen molar-refractivity contribution in [2.24, 2.45) is 17.6 Å². The summed E-state index contributed by atoms with van der Waals surface area (Å²) in [5.74, 6) is -3.74. The maximum Gasteiger partial charge on any atom is 0.524 e. The van der Waals surface area contributed by atoms with Crippen molar-refractivity contribution in [3.05, 3.63) is 29.8 Å². The van der Waals surface area contributed by atoms with Crippen molar-refractivity contribution >= 4 is 37.4 Å². The molecule has 1 aromatic carbocycles. The van der Waals surface area contributed by atoms with Crippen LogP contribution in [-0.2, 0) is 35.0 Å². The van der Waals surface area contributed by atoms with E-state index < -0.39 is 67.6 Å². The van der Waals surface area contributed by atoms with Crippen LogP contribution < -0.4 is 26.2 Å². The van der Waals surface area contributed by atoms with Crippen molar-refractivity contribution < 1.29 is 48.0 Å². The molecule has 0 aliphatic carbocycles. The topological polar surface area (TPSA) is 238 Å². The van der Waals surface area contributed by atoms with Crippen LogP contribution in [0.4, 0.5) is 0 Å². The third-order valence-electron chi connectivity index (χ3n) is 7.81. The smallest absolute Gasteiger partial charge is 0.480 e. The summed E-state index contributed by atoms with van der Waals surface area (Å²) in [7, 11) is -4.72. The van der Waals surface area contributed by atoms with Gasteiger partial charge in [-0.25, -0.2) is 9.36 Å². The highest BCUT2D eigenvalue weighted by Gasteiger charge is 2.40. The van der Waals surface area contributed by atoms with Gasteiger partial charge in [-0.15, -0.1) is 0 Å². The Bertz CT molecular complexity index is 1290. The summed E-state index contributed by atoms with van der Waals surface area (Å²) in [6.07, 6.45) is 2.83. The van der Waals surface area contributed by atoms with Crippen molar-refractivity contribution in [2.45, 2.75) is 110 Å². The summed E-state index contributed by atoms with van der Waals surface area (Å²) in [5.41, 5.74) is 6.73. The lowest BCUT2D eigenvalue weighted by Gasteiger charge is -2.32. The quantitative estimate of drug-likeness (QED) is 0.109. The van der Waals surface area contributed by atoms with Crippen LogP contribution >= 0.6 is 7.82 Å². The molecular weight excluding hydrogens is 633 g/mol. The standard InChI is InChI=1S/C31H50N5O10P/c1-6-7-9-23(28(38)34-24(31(41)42)16-18(2)3)33-29(39)25-10-8-15-36(25)30(40)26(19(4)5)35-27(37)22(32)17-20-11-13-21(14-12-20)46-47(43,44)45/h11-14,18-19,22-26H,6-10,15-17,32H2,1-5H3,(H,33,39)(H,34,38)(H,35,37)(H,41,42)(H2,43,44,45)/t22-,23-,24-,25-,26-/m0/s1. The number of carbonyl (C=O) groups excluding carboxylic acids is 4. The maximum absolute atomic E-state index is 13.8. The molecule has 4 amide bonds. The van der Waals surface area contributed by atoms with Crippen molar-refractivity contribution in [3.63, 3.8) is 0 Å². The number of unbranched alkanes of at least 4 members (excludes halogenated alkanes) is 1. The second kappa shape index (κ2) is 18.1. The van der Waals surface area contributed by atoms with Crippen LogP contribution in [0.25, 0.3) is 0 Å². The summed E-state index contributed by atoms with van der Waals surface area (Å²) in [5, 5.41) is 17.6. The number of benzene rings is 1. The highest BCUT2D eigenvalue weighted by atomic mass is 31.2. The van der Waals surface area contributed by atoms with E-state index >= 15 is 0 Å². The number of nitrogens with zero attached hydrogens (tertiary/aromatic N) is 1. The first kappa shape index (κ1) is 39.7. The zero-order chi connectivity index (χ0) is 35.5. The van der Waals surface area contributed by atoms with E-state index in [2.05, 4.69) is 20.5 Å². The lowest BCUT2D eigenvalue weighted by molar-refractivity contribution is -0.144. The van der Waals surface area contributed by atoms with Crippen LogP contribution in [0.15, 0.2) is 24.3 Å². The summed E-state index contributed by atoms with van der Waals surface area (Å²) < 4.78 is 15.5. The number of hydrogen-bond acceptors (Lipinski definition) is 8. The Morgan fingerprint density at radius 1 is 1.00 bits per heavy atom. The average Bonchev–Trinajstić information content (AvgIpc) is 3.47. The molecule has 2 rings (SSSR count). The van der Waals surface area contributed by atoms with Gasteiger partial charge in [0.15, 0.2) is 0 Å². The first-order valence-electron chi connectivity index (χ1n) is 16.0. The number of carbonyl (C=O) groups is 5. The fraction of sp³-hybridized carbons (Fsp3) is 0.645. The van der Waals surface area contributed by atoms with Crippen LogP contribution in [0, 0.1) is 11.8 Å². The molecule has 0 bridgehead atoms. The highest BCUT2D eigenvalue weighted by molar-refractivity contribution is 7.46. The SMILES string of the molecule is CCCC[C@H](NC(=O)[C@@H]1CCCN1C(=O)[C@@H](NC(=O)[C@@H](N)Cc1ccc(OP(=O)(O)O)cc1)C(C)C)C(=O)N[C@@H](CC(C)C)C(=O)O. The summed E-state index contributed by atoms with van der Waals surface area (Å²) in [4.78, 5) is 84.5. The number of carboxylic acids is 1. The molecule has 1 aliphatic rings. The van der Waals surface area contributed by atoms with E-state index in [1.807, 2.05) is 20.8 Å². The van der Waals surface area contributed by atoms with Gasteiger partial charge in [0.2, 0.25) is 23.6 Å². The molecule has 0 spiro atoms. The van der Waals surface area contributed by atoms with E-state index in [0.717, 1.165) is 6.42 Å². The lowest BCUT2D eigenvalue weighted by Crippen LogP contribution is -2.59. The van der Waals surface area contributed by atoms with E-state index in [4.69, 9.17) is 15.5 Å². The van der Waals surface area contributed by atoms with Gasteiger partial charge in [0.05, 0.1) is 6.04 Å². The minimum absolute atomic E-state index is 0.0200. The van der Waals surface area contributed by atoms with Gasteiger partial charge in [-0.2, -0.15) is 0 Å². The number of hydrogen-bond donors (Lipinski definition) is 7. The molecule has 0 unspecified atom stereocenters. The molecular formula is C31H50N5O10P. The second-order valence-electron chi connectivity index (χ2n) is 12.7. The normalized spacial score (nSPS) is 17.5. The van der Waals surface area contributed by atoms with E-state index in [9.17, 15) is 33.6 Å². The largest absolute Gasteiger partial charge is 0.524 e. The highest BCUT2D eigenvalue weighted by Crippen LogP contribution is 2.37. The number of nitrogens with one attached hydrogen (secondary N) is 3. The number of aliphatic carboxylic acids is 1. The average molecular weight is 684 g/mol. The van der Waals surface area contributed by atoms with Gasteiger partial charge in [0.25, 0.3) is 0 Å². The zero-order valence-corrected chi connectivity index (χ0v) is 28.6. The molecule has 1 heterocycles. The summed E-state index contributed by atoms with van der Waals surface area (Å²) in [6, 6.07) is 0.682. The molecule has 0 radical (unpaired) electrons. The van der Waals surface area contributed by atoms with E-state index in [1.54, 1.807) is 13.8 Å². The molecule has 47 heavy (non-hydrogen) atoms. The molecule has 5 atom stereocenters. The van der Waals surface area contributed by atoms with E-state index in [0.29, 0.717) is 31.2 Å². The maximum atomic E-state index is 13.8. The molecule has 0 saturated carbocycles. The molecule has 15 nitrogen and oxygen atoms in total. The predicted molar refractivity (Wildman–Crippen MR) is 173 cm³/mol. The van der Waals surface area contributed by atoms with Gasteiger partial charge in [0.1, 0.15) is 29.9 Å². The van der Waals surface area contributed by atoms with Crippen LogP contribution in [-0.4, -0.2) is 86.1 Å². The molecule has 1 saturated heterocycles. The first-order valence-corrected chi connectivity index (χ1v) is 17.5. The number of rotatable bonds is 18. The van der Waals surface area contributed by atoms with Crippen LogP contribution in [0.5, 0.6) is 5.75 Å². The molecule has 16 heteroatoms. The van der Waals surface area contributed by atoms with Gasteiger partial charge < -0.3 is 36.2 Å². The van der Waals surface area contributed by atoms with Gasteiger partial charge in [-0.3, -0.25) is 29.0 Å². The van der Waals surface area contributed by atoms with Crippen LogP contribution in [0.2, 0.25) is 0 Å². The number of phosphoric ester groups is 1. The number of phosphoric acid groups is 1. The minimum atomic E-state index is -4.72. The Labute approximate surface area is 275 Å². The number of likely N-dealkylation sites (tertiary alicyclic amines) is 1. The van der Waals surface area contributed by atoms with Crippen molar-refractivity contribution in [2.75, 3.05) is 6.54 Å². The molecule has 1 aromatic rings. The van der Waals surface area contributed by atoms with Gasteiger partial charge in [-0.1, -0.05) is 59.6 Å². The predicted octanol–water partition coefficient (Wildman–Crippen LogP) is 1.45. The zero-order valence-electron chi connectivity index (χ0n) is 27.7.